The first-order valence-corrected chi connectivity index (χ1v) is 12.6. The number of rotatable bonds is 5. The maximum absolute atomic E-state index is 13.8. The summed E-state index contributed by atoms with van der Waals surface area (Å²) in [6, 6.07) is 9.75. The Morgan fingerprint density at radius 3 is 2.58 bits per heavy atom. The number of carbonyl (C=O) groups is 1. The highest BCUT2D eigenvalue weighted by atomic mass is 35.5. The lowest BCUT2D eigenvalue weighted by molar-refractivity contribution is -0.155. The van der Waals surface area contributed by atoms with E-state index in [9.17, 15) is 14.0 Å². The minimum atomic E-state index is -0.712. The van der Waals surface area contributed by atoms with Gasteiger partial charge in [-0.15, -0.1) is 0 Å². The molecule has 0 atom stereocenters. The van der Waals surface area contributed by atoms with Crippen molar-refractivity contribution in [1.82, 2.24) is 14.5 Å². The fraction of sp³-hybridized carbons (Fsp3) is 0.444. The summed E-state index contributed by atoms with van der Waals surface area (Å²) in [6.45, 7) is 11.9. The van der Waals surface area contributed by atoms with Gasteiger partial charge in [-0.05, 0) is 76.7 Å². The van der Waals surface area contributed by atoms with Crippen molar-refractivity contribution in [3.63, 3.8) is 0 Å². The number of esters is 1. The number of anilines is 1. The van der Waals surface area contributed by atoms with Crippen molar-refractivity contribution in [2.24, 2.45) is 0 Å². The van der Waals surface area contributed by atoms with Gasteiger partial charge in [0.15, 0.2) is 0 Å². The normalized spacial score (nSPS) is 15.2. The maximum Gasteiger partial charge on any atom is 0.326 e. The predicted molar refractivity (Wildman–Crippen MR) is 141 cm³/mol. The molecule has 0 unspecified atom stereocenters. The molecule has 192 valence electrons. The Kier molecular flexibility index (Phi) is 7.66. The van der Waals surface area contributed by atoms with Crippen LogP contribution in [-0.2, 0) is 16.1 Å². The number of halogens is 2. The highest BCUT2D eigenvalue weighted by Crippen LogP contribution is 2.26. The summed E-state index contributed by atoms with van der Waals surface area (Å²) in [7, 11) is 0. The SMILES string of the molecule is CCN1CCCN(c2ccc3nc(-c4ccc(F)c(Cl)c4)n(CC(=O)OC(C)(C)C)c(=O)c3c2)CC1. The van der Waals surface area contributed by atoms with Gasteiger partial charge in [0.25, 0.3) is 5.56 Å². The lowest BCUT2D eigenvalue weighted by Gasteiger charge is -2.24. The number of hydrogen-bond acceptors (Lipinski definition) is 6. The van der Waals surface area contributed by atoms with Crippen LogP contribution in [0.5, 0.6) is 0 Å². The average molecular weight is 515 g/mol. The van der Waals surface area contributed by atoms with Crippen LogP contribution in [0.2, 0.25) is 5.02 Å². The zero-order valence-electron chi connectivity index (χ0n) is 21.2. The van der Waals surface area contributed by atoms with Gasteiger partial charge in [-0.25, -0.2) is 9.37 Å². The molecule has 0 spiro atoms. The van der Waals surface area contributed by atoms with Gasteiger partial charge in [-0.2, -0.15) is 0 Å². The first kappa shape index (κ1) is 26.1. The molecule has 1 aliphatic heterocycles. The summed E-state index contributed by atoms with van der Waals surface area (Å²) in [5.41, 5.74) is 0.787. The van der Waals surface area contributed by atoms with Gasteiger partial charge in [-0.3, -0.25) is 14.2 Å². The molecule has 1 fully saturated rings. The summed E-state index contributed by atoms with van der Waals surface area (Å²) in [5, 5.41) is 0.313. The molecule has 9 heteroatoms. The Bertz CT molecular complexity index is 1340. The smallest absolute Gasteiger partial charge is 0.326 e. The predicted octanol–water partition coefficient (Wildman–Crippen LogP) is 4.73. The van der Waals surface area contributed by atoms with Crippen LogP contribution in [-0.4, -0.2) is 58.7 Å². The highest BCUT2D eigenvalue weighted by molar-refractivity contribution is 6.31. The van der Waals surface area contributed by atoms with Crippen molar-refractivity contribution >= 4 is 34.2 Å². The number of carbonyl (C=O) groups excluding carboxylic acids is 1. The zero-order valence-corrected chi connectivity index (χ0v) is 21.9. The minimum Gasteiger partial charge on any atom is -0.459 e. The number of likely N-dealkylation sites (N-methyl/N-ethyl adjacent to an activating group) is 1. The van der Waals surface area contributed by atoms with Crippen molar-refractivity contribution in [2.45, 2.75) is 46.3 Å². The third-order valence-corrected chi connectivity index (χ3v) is 6.51. The van der Waals surface area contributed by atoms with Gasteiger partial charge in [0.1, 0.15) is 23.8 Å². The third kappa shape index (κ3) is 5.87. The van der Waals surface area contributed by atoms with Gasteiger partial charge in [0.2, 0.25) is 0 Å². The first-order valence-electron chi connectivity index (χ1n) is 12.2. The molecule has 3 aromatic rings. The lowest BCUT2D eigenvalue weighted by Crippen LogP contribution is -2.32. The van der Waals surface area contributed by atoms with Crippen molar-refractivity contribution in [1.29, 1.82) is 0 Å². The molecule has 4 rings (SSSR count). The Morgan fingerprint density at radius 1 is 1.11 bits per heavy atom. The maximum atomic E-state index is 13.8. The quantitative estimate of drug-likeness (QED) is 0.459. The van der Waals surface area contributed by atoms with Gasteiger partial charge >= 0.3 is 5.97 Å². The molecule has 0 bridgehead atoms. The van der Waals surface area contributed by atoms with E-state index in [2.05, 4.69) is 16.7 Å². The average Bonchev–Trinajstić information content (AvgIpc) is 3.07. The van der Waals surface area contributed by atoms with E-state index in [1.165, 1.54) is 22.8 Å². The summed E-state index contributed by atoms with van der Waals surface area (Å²) in [5.74, 6) is -0.920. The van der Waals surface area contributed by atoms with Crippen molar-refractivity contribution in [3.8, 4) is 11.4 Å². The Hall–Kier alpha value is -2.97. The number of fused-ring (bicyclic) bond motifs is 1. The Labute approximate surface area is 215 Å². The van der Waals surface area contributed by atoms with Crippen LogP contribution in [0.25, 0.3) is 22.3 Å². The fourth-order valence-electron chi connectivity index (χ4n) is 4.46. The molecule has 1 aromatic heterocycles. The van der Waals surface area contributed by atoms with E-state index in [-0.39, 0.29) is 23.0 Å². The standard InChI is InChI=1S/C27H32ClFN4O3/c1-5-31-11-6-12-32(14-13-31)19-8-10-23-20(16-19)26(35)33(17-24(34)36-27(2,3)4)25(30-23)18-7-9-22(29)21(28)15-18/h7-10,15-16H,5-6,11-14,17H2,1-4H3. The molecule has 36 heavy (non-hydrogen) atoms. The molecule has 0 radical (unpaired) electrons. The van der Waals surface area contributed by atoms with Gasteiger partial charge in [0, 0.05) is 30.9 Å². The summed E-state index contributed by atoms with van der Waals surface area (Å²) >= 11 is 6.02. The second-order valence-corrected chi connectivity index (χ2v) is 10.4. The van der Waals surface area contributed by atoms with Crippen molar-refractivity contribution in [2.75, 3.05) is 37.6 Å². The first-order chi connectivity index (χ1) is 17.1. The molecule has 0 amide bonds. The largest absolute Gasteiger partial charge is 0.459 e. The van der Waals surface area contributed by atoms with Gasteiger partial charge in [0.05, 0.1) is 15.9 Å². The van der Waals surface area contributed by atoms with E-state index in [0.29, 0.717) is 16.5 Å². The van der Waals surface area contributed by atoms with Crippen LogP contribution >= 0.6 is 11.6 Å². The lowest BCUT2D eigenvalue weighted by atomic mass is 10.1. The number of ether oxygens (including phenoxy) is 1. The molecular formula is C27H32ClFN4O3. The van der Waals surface area contributed by atoms with Crippen LogP contribution in [0, 0.1) is 5.82 Å². The van der Waals surface area contributed by atoms with Crippen LogP contribution in [0.15, 0.2) is 41.2 Å². The molecule has 0 N–H and O–H groups in total. The van der Waals surface area contributed by atoms with Crippen LogP contribution in [0.1, 0.15) is 34.1 Å². The summed E-state index contributed by atoms with van der Waals surface area (Å²) < 4.78 is 20.6. The number of benzene rings is 2. The van der Waals surface area contributed by atoms with E-state index >= 15 is 0 Å². The van der Waals surface area contributed by atoms with Crippen molar-refractivity contribution < 1.29 is 13.9 Å². The molecule has 2 heterocycles. The Morgan fingerprint density at radius 2 is 1.89 bits per heavy atom. The monoisotopic (exact) mass is 514 g/mol. The van der Waals surface area contributed by atoms with E-state index in [1.54, 1.807) is 20.8 Å². The van der Waals surface area contributed by atoms with Crippen molar-refractivity contribution in [3.05, 3.63) is 57.6 Å². The number of nitrogens with zero attached hydrogens (tertiary/aromatic N) is 4. The van der Waals surface area contributed by atoms with E-state index in [1.807, 2.05) is 18.2 Å². The van der Waals surface area contributed by atoms with E-state index < -0.39 is 17.4 Å². The molecule has 1 saturated heterocycles. The summed E-state index contributed by atoms with van der Waals surface area (Å²) in [6.07, 6.45) is 1.04. The minimum absolute atomic E-state index is 0.0942. The topological polar surface area (TPSA) is 67.7 Å². The fourth-order valence-corrected chi connectivity index (χ4v) is 4.64. The van der Waals surface area contributed by atoms with Gasteiger partial charge < -0.3 is 14.5 Å². The van der Waals surface area contributed by atoms with Crippen LogP contribution in [0.4, 0.5) is 10.1 Å². The molecule has 1 aliphatic rings. The molecule has 0 aliphatic carbocycles. The zero-order chi connectivity index (χ0) is 26.0. The number of hydrogen-bond donors (Lipinski definition) is 0. The third-order valence-electron chi connectivity index (χ3n) is 6.22. The molecule has 2 aromatic carbocycles. The van der Waals surface area contributed by atoms with Crippen LogP contribution in [0.3, 0.4) is 0 Å². The second kappa shape index (κ2) is 10.6. The summed E-state index contributed by atoms with van der Waals surface area (Å²) in [4.78, 5) is 35.9. The highest BCUT2D eigenvalue weighted by Gasteiger charge is 2.22. The second-order valence-electron chi connectivity index (χ2n) is 10.0. The van der Waals surface area contributed by atoms with E-state index in [4.69, 9.17) is 21.3 Å². The van der Waals surface area contributed by atoms with Crippen LogP contribution < -0.4 is 10.5 Å². The molecular weight excluding hydrogens is 483 g/mol. The molecule has 7 nitrogen and oxygen atoms in total. The van der Waals surface area contributed by atoms with E-state index in [0.717, 1.165) is 44.8 Å². The molecule has 0 saturated carbocycles. The van der Waals surface area contributed by atoms with Gasteiger partial charge in [-0.1, -0.05) is 18.5 Å². The Balaban J connectivity index is 1.81. The number of aromatic nitrogens is 2.